The smallest absolute Gasteiger partial charge is 0.347 e. The fourth-order valence-corrected chi connectivity index (χ4v) is 5.66. The molecule has 35 heavy (non-hydrogen) atoms. The largest absolute Gasteiger partial charge is 0.477 e. The SMILES string of the molecule is CCOC(=O)[C@H](C)Oc1c(Br)cc(C=Nn2c(C3CCCCC3)nc3ccccc3c2=O)cc1Br. The summed E-state index contributed by atoms with van der Waals surface area (Å²) in [6.45, 7) is 3.68. The highest BCUT2D eigenvalue weighted by Crippen LogP contribution is 2.35. The van der Waals surface area contributed by atoms with Gasteiger partial charge in [0.1, 0.15) is 11.6 Å². The van der Waals surface area contributed by atoms with E-state index in [4.69, 9.17) is 14.5 Å². The number of fused-ring (bicyclic) bond motifs is 1. The van der Waals surface area contributed by atoms with E-state index in [9.17, 15) is 9.59 Å². The second-order valence-electron chi connectivity index (χ2n) is 8.51. The van der Waals surface area contributed by atoms with Gasteiger partial charge >= 0.3 is 5.97 Å². The van der Waals surface area contributed by atoms with Gasteiger partial charge in [-0.1, -0.05) is 31.4 Å². The Bertz CT molecular complexity index is 1290. The van der Waals surface area contributed by atoms with E-state index in [1.54, 1.807) is 26.1 Å². The van der Waals surface area contributed by atoms with Gasteiger partial charge in [-0.3, -0.25) is 4.79 Å². The molecular formula is C26H27Br2N3O4. The Balaban J connectivity index is 1.68. The van der Waals surface area contributed by atoms with Crippen LogP contribution in [0.15, 0.2) is 55.2 Å². The van der Waals surface area contributed by atoms with Crippen LogP contribution < -0.4 is 10.3 Å². The third-order valence-corrected chi connectivity index (χ3v) is 7.18. The molecule has 0 saturated heterocycles. The first-order valence-electron chi connectivity index (χ1n) is 11.8. The van der Waals surface area contributed by atoms with Gasteiger partial charge in [0.2, 0.25) is 0 Å². The van der Waals surface area contributed by atoms with Crippen LogP contribution in [0, 0.1) is 0 Å². The van der Waals surface area contributed by atoms with Gasteiger partial charge in [0.05, 0.1) is 32.7 Å². The lowest BCUT2D eigenvalue weighted by Gasteiger charge is -2.22. The van der Waals surface area contributed by atoms with E-state index in [0.29, 0.717) is 31.4 Å². The number of carbonyl (C=O) groups is 1. The number of aromatic nitrogens is 2. The van der Waals surface area contributed by atoms with Crippen molar-refractivity contribution in [2.24, 2.45) is 5.10 Å². The molecule has 7 nitrogen and oxygen atoms in total. The highest BCUT2D eigenvalue weighted by atomic mass is 79.9. The zero-order chi connectivity index (χ0) is 24.9. The van der Waals surface area contributed by atoms with Crippen molar-refractivity contribution in [2.45, 2.75) is 58.0 Å². The molecule has 184 valence electrons. The molecule has 0 amide bonds. The molecule has 1 atom stereocenters. The molecule has 9 heteroatoms. The van der Waals surface area contributed by atoms with Gasteiger partial charge in [0, 0.05) is 5.92 Å². The van der Waals surface area contributed by atoms with Crippen LogP contribution in [0.25, 0.3) is 10.9 Å². The van der Waals surface area contributed by atoms with Crippen LogP contribution in [-0.2, 0) is 9.53 Å². The van der Waals surface area contributed by atoms with Crippen LogP contribution in [0.4, 0.5) is 0 Å². The number of rotatable bonds is 7. The normalized spacial score (nSPS) is 15.4. The lowest BCUT2D eigenvalue weighted by atomic mass is 9.88. The Morgan fingerprint density at radius 3 is 2.57 bits per heavy atom. The summed E-state index contributed by atoms with van der Waals surface area (Å²) < 4.78 is 13.5. The average molecular weight is 605 g/mol. The van der Waals surface area contributed by atoms with Gasteiger partial charge < -0.3 is 9.47 Å². The molecule has 0 N–H and O–H groups in total. The van der Waals surface area contributed by atoms with Crippen LogP contribution in [0.5, 0.6) is 5.75 Å². The number of para-hydroxylation sites is 1. The standard InChI is InChI=1S/C26H27Br2N3O4/c1-3-34-26(33)16(2)35-23-20(27)13-17(14-21(23)28)15-29-31-24(18-9-5-4-6-10-18)30-22-12-8-7-11-19(22)25(31)32/h7-8,11-16,18H,3-6,9-10H2,1-2H3/t16-/m0/s1. The first-order valence-corrected chi connectivity index (χ1v) is 13.4. The molecule has 1 aromatic heterocycles. The molecule has 1 heterocycles. The van der Waals surface area contributed by atoms with Crippen LogP contribution in [0.1, 0.15) is 63.3 Å². The van der Waals surface area contributed by atoms with Crippen molar-refractivity contribution in [1.29, 1.82) is 0 Å². The molecule has 1 saturated carbocycles. The highest BCUT2D eigenvalue weighted by molar-refractivity contribution is 9.11. The Morgan fingerprint density at radius 1 is 1.20 bits per heavy atom. The van der Waals surface area contributed by atoms with Crippen molar-refractivity contribution in [3.63, 3.8) is 0 Å². The molecule has 1 aliphatic carbocycles. The highest BCUT2D eigenvalue weighted by Gasteiger charge is 2.23. The second-order valence-corrected chi connectivity index (χ2v) is 10.2. The molecule has 0 radical (unpaired) electrons. The van der Waals surface area contributed by atoms with Gasteiger partial charge in [-0.05, 0) is 88.4 Å². The molecule has 2 aromatic carbocycles. The molecular weight excluding hydrogens is 578 g/mol. The minimum atomic E-state index is -0.762. The Hall–Kier alpha value is -2.52. The van der Waals surface area contributed by atoms with E-state index >= 15 is 0 Å². The molecule has 0 aliphatic heterocycles. The van der Waals surface area contributed by atoms with Gasteiger partial charge in [-0.2, -0.15) is 9.78 Å². The monoisotopic (exact) mass is 603 g/mol. The molecule has 0 spiro atoms. The third kappa shape index (κ3) is 5.83. The summed E-state index contributed by atoms with van der Waals surface area (Å²) in [7, 11) is 0. The van der Waals surface area contributed by atoms with Gasteiger partial charge in [-0.25, -0.2) is 9.78 Å². The number of carbonyl (C=O) groups excluding carboxylic acids is 1. The second kappa shape index (κ2) is 11.5. The zero-order valence-electron chi connectivity index (χ0n) is 19.7. The fraction of sp³-hybridized carbons (Fsp3) is 0.385. The molecule has 4 rings (SSSR count). The van der Waals surface area contributed by atoms with Gasteiger partial charge in [-0.15, -0.1) is 0 Å². The number of hydrogen-bond donors (Lipinski definition) is 0. The van der Waals surface area contributed by atoms with Crippen LogP contribution in [0.2, 0.25) is 0 Å². The molecule has 3 aromatic rings. The predicted octanol–water partition coefficient (Wildman–Crippen LogP) is 6.18. The van der Waals surface area contributed by atoms with Crippen molar-refractivity contribution in [1.82, 2.24) is 9.66 Å². The summed E-state index contributed by atoms with van der Waals surface area (Å²) in [4.78, 5) is 30.2. The lowest BCUT2D eigenvalue weighted by Crippen LogP contribution is -2.26. The lowest BCUT2D eigenvalue weighted by molar-refractivity contribution is -0.150. The Kier molecular flexibility index (Phi) is 8.38. The minimum absolute atomic E-state index is 0.172. The summed E-state index contributed by atoms with van der Waals surface area (Å²) in [5.74, 6) is 0.966. The maximum absolute atomic E-state index is 13.4. The maximum atomic E-state index is 13.4. The van der Waals surface area contributed by atoms with E-state index < -0.39 is 12.1 Å². The van der Waals surface area contributed by atoms with E-state index in [2.05, 4.69) is 37.0 Å². The van der Waals surface area contributed by atoms with Crippen LogP contribution >= 0.6 is 31.9 Å². The quantitative estimate of drug-likeness (QED) is 0.237. The number of ether oxygens (including phenoxy) is 2. The number of nitrogens with zero attached hydrogens (tertiary/aromatic N) is 3. The van der Waals surface area contributed by atoms with Crippen LogP contribution in [-0.4, -0.2) is 34.6 Å². The van der Waals surface area contributed by atoms with Gasteiger partial charge in [0.15, 0.2) is 6.10 Å². The van der Waals surface area contributed by atoms with Gasteiger partial charge in [0.25, 0.3) is 5.56 Å². The Morgan fingerprint density at radius 2 is 1.89 bits per heavy atom. The fourth-order valence-electron chi connectivity index (χ4n) is 4.25. The third-order valence-electron chi connectivity index (χ3n) is 6.01. The van der Waals surface area contributed by atoms with E-state index in [1.807, 2.05) is 30.3 Å². The molecule has 1 fully saturated rings. The maximum Gasteiger partial charge on any atom is 0.347 e. The van der Waals surface area contributed by atoms with Crippen molar-refractivity contribution < 1.29 is 14.3 Å². The summed E-state index contributed by atoms with van der Waals surface area (Å²) in [5, 5.41) is 5.13. The molecule has 0 unspecified atom stereocenters. The Labute approximate surface area is 220 Å². The number of halogens is 2. The van der Waals surface area contributed by atoms with Crippen LogP contribution in [0.3, 0.4) is 0 Å². The minimum Gasteiger partial charge on any atom is -0.477 e. The topological polar surface area (TPSA) is 82.8 Å². The summed E-state index contributed by atoms with van der Waals surface area (Å²) in [5.41, 5.74) is 1.27. The summed E-state index contributed by atoms with van der Waals surface area (Å²) in [6.07, 6.45) is 6.35. The van der Waals surface area contributed by atoms with Crippen molar-refractivity contribution in [2.75, 3.05) is 6.61 Å². The van der Waals surface area contributed by atoms with Crippen molar-refractivity contribution in [3.05, 3.63) is 67.1 Å². The van der Waals surface area contributed by atoms with E-state index in [0.717, 1.165) is 31.2 Å². The first kappa shape index (κ1) is 25.6. The number of hydrogen-bond acceptors (Lipinski definition) is 6. The predicted molar refractivity (Wildman–Crippen MR) is 143 cm³/mol. The zero-order valence-corrected chi connectivity index (χ0v) is 22.8. The number of benzene rings is 2. The van der Waals surface area contributed by atoms with Crippen molar-refractivity contribution in [3.8, 4) is 5.75 Å². The van der Waals surface area contributed by atoms with Crippen molar-refractivity contribution >= 4 is 54.9 Å². The number of esters is 1. The summed E-state index contributed by atoms with van der Waals surface area (Å²) >= 11 is 7.03. The summed E-state index contributed by atoms with van der Waals surface area (Å²) in [6, 6.07) is 11.0. The first-order chi connectivity index (χ1) is 16.9. The molecule has 0 bridgehead atoms. The van der Waals surface area contributed by atoms with E-state index in [-0.39, 0.29) is 18.1 Å². The average Bonchev–Trinajstić information content (AvgIpc) is 2.86. The van der Waals surface area contributed by atoms with E-state index in [1.165, 1.54) is 11.1 Å². The molecule has 1 aliphatic rings.